The molecule has 7 nitrogen and oxygen atoms in total. The molecule has 2 amide bonds. The minimum atomic E-state index is -0.334. The van der Waals surface area contributed by atoms with Gasteiger partial charge in [-0.15, -0.1) is 0 Å². The zero-order chi connectivity index (χ0) is 14.5. The van der Waals surface area contributed by atoms with Gasteiger partial charge in [-0.25, -0.2) is 4.79 Å². The summed E-state index contributed by atoms with van der Waals surface area (Å²) in [7, 11) is 0. The maximum Gasteiger partial charge on any atom is 0.315 e. The van der Waals surface area contributed by atoms with Crippen LogP contribution in [0.3, 0.4) is 0 Å². The van der Waals surface area contributed by atoms with Crippen LogP contribution in [0.15, 0.2) is 23.1 Å². The average molecular weight is 275 g/mol. The Balaban J connectivity index is 1.89. The Labute approximate surface area is 115 Å². The number of nitrogens with zero attached hydrogens (tertiary/aromatic N) is 1. The summed E-state index contributed by atoms with van der Waals surface area (Å²) in [4.78, 5) is 26.1. The minimum absolute atomic E-state index is 0.170. The standard InChI is InChI=1S/C13H17N5O2/c1-8-5-9(2)17-12(19)11(8)7-15-13(20)14-6-10-3-4-16-18-10/h3-5H,6-7H2,1-2H3,(H,16,18)(H,17,19)(H2,14,15,20). The van der Waals surface area contributed by atoms with Crippen molar-refractivity contribution in [2.75, 3.05) is 0 Å². The summed E-state index contributed by atoms with van der Waals surface area (Å²) in [6.45, 7) is 4.22. The molecule has 106 valence electrons. The maximum absolute atomic E-state index is 11.8. The van der Waals surface area contributed by atoms with Gasteiger partial charge in [0, 0.05) is 17.5 Å². The summed E-state index contributed by atoms with van der Waals surface area (Å²) < 4.78 is 0. The van der Waals surface area contributed by atoms with Crippen LogP contribution in [0.1, 0.15) is 22.5 Å². The van der Waals surface area contributed by atoms with Crippen molar-refractivity contribution in [2.24, 2.45) is 0 Å². The van der Waals surface area contributed by atoms with Gasteiger partial charge in [0.05, 0.1) is 18.8 Å². The lowest BCUT2D eigenvalue weighted by Crippen LogP contribution is -2.36. The molecule has 4 N–H and O–H groups in total. The van der Waals surface area contributed by atoms with Crippen molar-refractivity contribution in [3.63, 3.8) is 0 Å². The molecule has 0 aliphatic heterocycles. The van der Waals surface area contributed by atoms with Gasteiger partial charge in [0.15, 0.2) is 0 Å². The predicted octanol–water partition coefficient (Wildman–Crippen LogP) is 0.714. The van der Waals surface area contributed by atoms with Crippen molar-refractivity contribution < 1.29 is 4.79 Å². The van der Waals surface area contributed by atoms with Crippen LogP contribution in [0.25, 0.3) is 0 Å². The molecular weight excluding hydrogens is 258 g/mol. The predicted molar refractivity (Wildman–Crippen MR) is 74.2 cm³/mol. The summed E-state index contributed by atoms with van der Waals surface area (Å²) in [6.07, 6.45) is 1.62. The second-order valence-corrected chi connectivity index (χ2v) is 4.56. The molecule has 2 aromatic rings. The van der Waals surface area contributed by atoms with Crippen LogP contribution < -0.4 is 16.2 Å². The first-order valence-electron chi connectivity index (χ1n) is 6.25. The molecule has 0 saturated heterocycles. The lowest BCUT2D eigenvalue weighted by atomic mass is 10.1. The van der Waals surface area contributed by atoms with Crippen LogP contribution >= 0.6 is 0 Å². The third-order valence-electron chi connectivity index (χ3n) is 2.92. The van der Waals surface area contributed by atoms with Crippen LogP contribution in [-0.2, 0) is 13.1 Å². The van der Waals surface area contributed by atoms with E-state index >= 15 is 0 Å². The van der Waals surface area contributed by atoms with Crippen molar-refractivity contribution in [3.05, 3.63) is 51.2 Å². The summed E-state index contributed by atoms with van der Waals surface area (Å²) >= 11 is 0. The van der Waals surface area contributed by atoms with Gasteiger partial charge in [0.25, 0.3) is 5.56 Å². The minimum Gasteiger partial charge on any atom is -0.334 e. The molecule has 0 radical (unpaired) electrons. The fourth-order valence-corrected chi connectivity index (χ4v) is 1.89. The molecule has 0 aromatic carbocycles. The number of hydrogen-bond acceptors (Lipinski definition) is 3. The first-order valence-corrected chi connectivity index (χ1v) is 6.25. The molecule has 0 aliphatic carbocycles. The number of pyridine rings is 1. The number of carbonyl (C=O) groups excluding carboxylic acids is 1. The van der Waals surface area contributed by atoms with Gasteiger partial charge in [0.2, 0.25) is 0 Å². The van der Waals surface area contributed by atoms with Crippen LogP contribution in [-0.4, -0.2) is 21.2 Å². The lowest BCUT2D eigenvalue weighted by molar-refractivity contribution is 0.240. The molecule has 0 aliphatic rings. The first kappa shape index (κ1) is 13.9. The van der Waals surface area contributed by atoms with Gasteiger partial charge in [-0.3, -0.25) is 9.89 Å². The van der Waals surface area contributed by atoms with E-state index < -0.39 is 0 Å². The summed E-state index contributed by atoms with van der Waals surface area (Å²) in [5.41, 5.74) is 2.87. The van der Waals surface area contributed by atoms with E-state index in [-0.39, 0.29) is 18.1 Å². The van der Waals surface area contributed by atoms with E-state index in [4.69, 9.17) is 0 Å². The van der Waals surface area contributed by atoms with Gasteiger partial charge < -0.3 is 15.6 Å². The highest BCUT2D eigenvalue weighted by Gasteiger charge is 2.07. The number of amides is 2. The number of aromatic amines is 2. The second kappa shape index (κ2) is 6.05. The lowest BCUT2D eigenvalue weighted by Gasteiger charge is -2.09. The van der Waals surface area contributed by atoms with Gasteiger partial charge >= 0.3 is 6.03 Å². The summed E-state index contributed by atoms with van der Waals surface area (Å²) in [5, 5.41) is 11.9. The van der Waals surface area contributed by atoms with Crippen molar-refractivity contribution in [3.8, 4) is 0 Å². The Morgan fingerprint density at radius 1 is 1.30 bits per heavy atom. The number of H-pyrrole nitrogens is 2. The Hall–Kier alpha value is -2.57. The van der Waals surface area contributed by atoms with Gasteiger partial charge in [0.1, 0.15) is 0 Å². The van der Waals surface area contributed by atoms with E-state index in [1.807, 2.05) is 19.9 Å². The molecule has 2 aromatic heterocycles. The van der Waals surface area contributed by atoms with E-state index in [0.717, 1.165) is 17.0 Å². The number of rotatable bonds is 4. The van der Waals surface area contributed by atoms with E-state index in [2.05, 4.69) is 25.8 Å². The fraction of sp³-hybridized carbons (Fsp3) is 0.308. The van der Waals surface area contributed by atoms with Gasteiger partial charge in [-0.05, 0) is 31.5 Å². The number of carbonyl (C=O) groups is 1. The zero-order valence-corrected chi connectivity index (χ0v) is 11.4. The van der Waals surface area contributed by atoms with Crippen molar-refractivity contribution in [1.82, 2.24) is 25.8 Å². The smallest absolute Gasteiger partial charge is 0.315 e. The second-order valence-electron chi connectivity index (χ2n) is 4.56. The molecule has 0 bridgehead atoms. The molecular formula is C13H17N5O2. The van der Waals surface area contributed by atoms with E-state index in [0.29, 0.717) is 12.1 Å². The van der Waals surface area contributed by atoms with Gasteiger partial charge in [-0.2, -0.15) is 5.10 Å². The molecule has 0 atom stereocenters. The van der Waals surface area contributed by atoms with E-state index in [1.54, 1.807) is 12.3 Å². The first-order chi connectivity index (χ1) is 9.56. The molecule has 2 heterocycles. The third kappa shape index (κ3) is 3.47. The number of hydrogen-bond donors (Lipinski definition) is 4. The van der Waals surface area contributed by atoms with E-state index in [9.17, 15) is 9.59 Å². The highest BCUT2D eigenvalue weighted by atomic mass is 16.2. The highest BCUT2D eigenvalue weighted by molar-refractivity contribution is 5.73. The molecule has 20 heavy (non-hydrogen) atoms. The van der Waals surface area contributed by atoms with Crippen molar-refractivity contribution in [2.45, 2.75) is 26.9 Å². The van der Waals surface area contributed by atoms with Crippen LogP contribution in [0.4, 0.5) is 4.79 Å². The summed E-state index contributed by atoms with van der Waals surface area (Å²) in [6, 6.07) is 3.31. The zero-order valence-electron chi connectivity index (χ0n) is 11.4. The van der Waals surface area contributed by atoms with Crippen molar-refractivity contribution >= 4 is 6.03 Å². The third-order valence-corrected chi connectivity index (χ3v) is 2.92. The monoisotopic (exact) mass is 275 g/mol. The quantitative estimate of drug-likeness (QED) is 0.661. The Bertz CT molecular complexity index is 645. The molecule has 0 fully saturated rings. The maximum atomic E-state index is 11.8. The number of nitrogens with one attached hydrogen (secondary N) is 4. The Morgan fingerprint density at radius 2 is 2.05 bits per heavy atom. The van der Waals surface area contributed by atoms with Gasteiger partial charge in [-0.1, -0.05) is 0 Å². The Morgan fingerprint density at radius 3 is 2.70 bits per heavy atom. The fourth-order valence-electron chi connectivity index (χ4n) is 1.89. The van der Waals surface area contributed by atoms with Crippen LogP contribution in [0.2, 0.25) is 0 Å². The largest absolute Gasteiger partial charge is 0.334 e. The molecule has 0 spiro atoms. The average Bonchev–Trinajstić information content (AvgIpc) is 2.88. The molecule has 2 rings (SSSR count). The molecule has 0 unspecified atom stereocenters. The molecule has 7 heteroatoms. The highest BCUT2D eigenvalue weighted by Crippen LogP contribution is 2.02. The summed E-state index contributed by atoms with van der Waals surface area (Å²) in [5.74, 6) is 0. The van der Waals surface area contributed by atoms with E-state index in [1.165, 1.54) is 0 Å². The number of urea groups is 1. The van der Waals surface area contributed by atoms with Crippen LogP contribution in [0, 0.1) is 13.8 Å². The Kier molecular flexibility index (Phi) is 4.19. The SMILES string of the molecule is Cc1cc(C)c(CNC(=O)NCc2ccn[nH]2)c(=O)[nH]1. The topological polar surface area (TPSA) is 103 Å². The number of aromatic nitrogens is 3. The van der Waals surface area contributed by atoms with Crippen molar-refractivity contribution in [1.29, 1.82) is 0 Å². The molecule has 0 saturated carbocycles. The normalized spacial score (nSPS) is 10.3. The number of aryl methyl sites for hydroxylation is 2. The van der Waals surface area contributed by atoms with Crippen LogP contribution in [0.5, 0.6) is 0 Å².